The van der Waals surface area contributed by atoms with Crippen molar-refractivity contribution in [1.29, 1.82) is 0 Å². The van der Waals surface area contributed by atoms with E-state index in [0.717, 1.165) is 31.1 Å². The van der Waals surface area contributed by atoms with Crippen molar-refractivity contribution < 1.29 is 19.0 Å². The molecule has 0 bridgehead atoms. The van der Waals surface area contributed by atoms with Gasteiger partial charge in [0.05, 0.1) is 26.1 Å². The fourth-order valence-electron chi connectivity index (χ4n) is 4.92. The van der Waals surface area contributed by atoms with E-state index in [4.69, 9.17) is 13.9 Å². The molecule has 1 aliphatic rings. The summed E-state index contributed by atoms with van der Waals surface area (Å²) in [7, 11) is 1.70. The van der Waals surface area contributed by atoms with Gasteiger partial charge in [0.2, 0.25) is 0 Å². The summed E-state index contributed by atoms with van der Waals surface area (Å²) < 4.78 is 18.7. The molecule has 6 heteroatoms. The Morgan fingerprint density at radius 1 is 1.12 bits per heavy atom. The summed E-state index contributed by atoms with van der Waals surface area (Å²) in [6, 6.07) is 16.3. The molecule has 0 spiro atoms. The molecule has 0 amide bonds. The van der Waals surface area contributed by atoms with Gasteiger partial charge in [-0.1, -0.05) is 31.4 Å². The third-order valence-corrected chi connectivity index (χ3v) is 6.64. The largest absolute Gasteiger partial charge is 0.497 e. The normalized spacial score (nSPS) is 15.6. The molecule has 1 aromatic carbocycles. The van der Waals surface area contributed by atoms with Crippen LogP contribution in [0.4, 0.5) is 0 Å². The zero-order chi connectivity index (χ0) is 23.6. The lowest BCUT2D eigenvalue weighted by atomic mass is 9.89. The van der Waals surface area contributed by atoms with Crippen molar-refractivity contribution in [3.63, 3.8) is 0 Å². The van der Waals surface area contributed by atoms with Crippen LogP contribution >= 0.6 is 0 Å². The maximum Gasteiger partial charge on any atom is 0.129 e. The molecular formula is C28H38N2O4. The van der Waals surface area contributed by atoms with Gasteiger partial charge in [-0.15, -0.1) is 0 Å². The molecule has 0 radical (unpaired) electrons. The predicted octanol–water partition coefficient (Wildman–Crippen LogP) is 5.10. The Bertz CT molecular complexity index is 962. The summed E-state index contributed by atoms with van der Waals surface area (Å²) in [5.74, 6) is 2.36. The molecule has 34 heavy (non-hydrogen) atoms. The lowest BCUT2D eigenvalue weighted by molar-refractivity contribution is 0.000333. The van der Waals surface area contributed by atoms with Crippen LogP contribution in [-0.4, -0.2) is 47.5 Å². The van der Waals surface area contributed by atoms with Gasteiger partial charge in [-0.3, -0.25) is 4.90 Å². The Balaban J connectivity index is 1.38. The summed E-state index contributed by atoms with van der Waals surface area (Å²) >= 11 is 0. The van der Waals surface area contributed by atoms with E-state index in [1.807, 2.05) is 24.3 Å². The smallest absolute Gasteiger partial charge is 0.129 e. The minimum atomic E-state index is -0.541. The number of nitrogens with zero attached hydrogens (tertiary/aromatic N) is 2. The molecule has 6 nitrogen and oxygen atoms in total. The molecule has 0 aliphatic heterocycles. The predicted molar refractivity (Wildman–Crippen MR) is 133 cm³/mol. The molecule has 184 valence electrons. The van der Waals surface area contributed by atoms with Crippen LogP contribution in [0.25, 0.3) is 0 Å². The molecule has 1 atom stereocenters. The number of hydrogen-bond donors (Lipinski definition) is 1. The SMILES string of the molecule is COc1cccc(Cn2cccc2CN(CC2CCCCC2)C[C@H](O)COCc2ccco2)c1. The number of benzene rings is 1. The van der Waals surface area contributed by atoms with Crippen molar-refractivity contribution in [3.8, 4) is 5.75 Å². The van der Waals surface area contributed by atoms with E-state index in [-0.39, 0.29) is 0 Å². The van der Waals surface area contributed by atoms with Crippen LogP contribution in [0.5, 0.6) is 5.75 Å². The zero-order valence-electron chi connectivity index (χ0n) is 20.3. The lowest BCUT2D eigenvalue weighted by Gasteiger charge is -2.31. The summed E-state index contributed by atoms with van der Waals surface area (Å²) in [4.78, 5) is 2.41. The highest BCUT2D eigenvalue weighted by atomic mass is 16.5. The first kappa shape index (κ1) is 24.6. The molecule has 1 N–H and O–H groups in total. The highest BCUT2D eigenvalue weighted by molar-refractivity contribution is 5.29. The number of aromatic nitrogens is 1. The Labute approximate surface area is 203 Å². The van der Waals surface area contributed by atoms with Gasteiger partial charge >= 0.3 is 0 Å². The van der Waals surface area contributed by atoms with Gasteiger partial charge in [0.1, 0.15) is 18.1 Å². The minimum absolute atomic E-state index is 0.298. The van der Waals surface area contributed by atoms with Crippen molar-refractivity contribution in [2.24, 2.45) is 5.92 Å². The first-order chi connectivity index (χ1) is 16.7. The molecular weight excluding hydrogens is 428 g/mol. The van der Waals surface area contributed by atoms with E-state index in [9.17, 15) is 5.11 Å². The number of ether oxygens (including phenoxy) is 2. The molecule has 3 aromatic rings. The topological polar surface area (TPSA) is 60.0 Å². The Kier molecular flexibility index (Phi) is 9.25. The Hall–Kier alpha value is -2.54. The van der Waals surface area contributed by atoms with E-state index < -0.39 is 6.10 Å². The average molecular weight is 467 g/mol. The number of aliphatic hydroxyl groups is 1. The number of methoxy groups -OCH3 is 1. The molecule has 0 unspecified atom stereocenters. The molecule has 0 saturated heterocycles. The van der Waals surface area contributed by atoms with Crippen molar-refractivity contribution in [2.75, 3.05) is 26.8 Å². The monoisotopic (exact) mass is 466 g/mol. The Morgan fingerprint density at radius 2 is 2.00 bits per heavy atom. The fourth-order valence-corrected chi connectivity index (χ4v) is 4.92. The minimum Gasteiger partial charge on any atom is -0.497 e. The van der Waals surface area contributed by atoms with E-state index in [1.165, 1.54) is 43.4 Å². The van der Waals surface area contributed by atoms with Crippen LogP contribution in [0.1, 0.15) is 49.1 Å². The van der Waals surface area contributed by atoms with Crippen molar-refractivity contribution >= 4 is 0 Å². The van der Waals surface area contributed by atoms with Crippen molar-refractivity contribution in [2.45, 2.75) is 57.9 Å². The van der Waals surface area contributed by atoms with Gasteiger partial charge in [0, 0.05) is 38.1 Å². The third kappa shape index (κ3) is 7.49. The average Bonchev–Trinajstić information content (AvgIpc) is 3.52. The van der Waals surface area contributed by atoms with Crippen LogP contribution in [0.3, 0.4) is 0 Å². The second-order valence-corrected chi connectivity index (χ2v) is 9.43. The summed E-state index contributed by atoms with van der Waals surface area (Å²) in [5.41, 5.74) is 2.46. The standard InChI is InChI=1S/C28H38N2O4/c1-32-27-12-5-10-24(16-27)18-30-14-6-11-25(30)19-29(17-23-8-3-2-4-9-23)20-26(31)21-33-22-28-13-7-15-34-28/h5-7,10-16,23,26,31H,2-4,8-9,17-22H2,1H3/t26-/m0/s1. The number of furan rings is 1. The highest BCUT2D eigenvalue weighted by Gasteiger charge is 2.21. The highest BCUT2D eigenvalue weighted by Crippen LogP contribution is 2.25. The van der Waals surface area contributed by atoms with Gasteiger partial charge in [0.25, 0.3) is 0 Å². The summed E-state index contributed by atoms with van der Waals surface area (Å²) in [5, 5.41) is 10.8. The second-order valence-electron chi connectivity index (χ2n) is 9.43. The number of rotatable bonds is 13. The van der Waals surface area contributed by atoms with Gasteiger partial charge < -0.3 is 23.6 Å². The van der Waals surface area contributed by atoms with Gasteiger partial charge in [0.15, 0.2) is 0 Å². The Morgan fingerprint density at radius 3 is 2.79 bits per heavy atom. The number of aliphatic hydroxyl groups excluding tert-OH is 1. The van der Waals surface area contributed by atoms with Crippen LogP contribution in [0.2, 0.25) is 0 Å². The molecule has 2 aromatic heterocycles. The van der Waals surface area contributed by atoms with Crippen LogP contribution < -0.4 is 4.74 Å². The molecule has 2 heterocycles. The van der Waals surface area contributed by atoms with Crippen LogP contribution in [0, 0.1) is 5.92 Å². The van der Waals surface area contributed by atoms with Crippen molar-refractivity contribution in [3.05, 3.63) is 78.0 Å². The summed E-state index contributed by atoms with van der Waals surface area (Å²) in [6.45, 7) is 3.90. The van der Waals surface area contributed by atoms with Gasteiger partial charge in [-0.25, -0.2) is 0 Å². The van der Waals surface area contributed by atoms with E-state index in [1.54, 1.807) is 13.4 Å². The maximum absolute atomic E-state index is 10.8. The fraction of sp³-hybridized carbons (Fsp3) is 0.500. The number of hydrogen-bond acceptors (Lipinski definition) is 5. The lowest BCUT2D eigenvalue weighted by Crippen LogP contribution is -2.38. The van der Waals surface area contributed by atoms with Crippen LogP contribution in [0.15, 0.2) is 65.4 Å². The van der Waals surface area contributed by atoms with Gasteiger partial charge in [-0.05, 0) is 60.7 Å². The van der Waals surface area contributed by atoms with E-state index in [2.05, 4.69) is 39.9 Å². The second kappa shape index (κ2) is 12.8. The van der Waals surface area contributed by atoms with Crippen LogP contribution in [-0.2, 0) is 24.4 Å². The molecule has 1 fully saturated rings. The first-order valence-electron chi connectivity index (χ1n) is 12.5. The van der Waals surface area contributed by atoms with Gasteiger partial charge in [-0.2, -0.15) is 0 Å². The molecule has 1 aliphatic carbocycles. The summed E-state index contributed by atoms with van der Waals surface area (Å²) in [6.07, 6.45) is 9.79. The molecule has 1 saturated carbocycles. The first-order valence-corrected chi connectivity index (χ1v) is 12.5. The quantitative estimate of drug-likeness (QED) is 0.380. The zero-order valence-corrected chi connectivity index (χ0v) is 20.3. The van der Waals surface area contributed by atoms with Crippen molar-refractivity contribution in [1.82, 2.24) is 9.47 Å². The maximum atomic E-state index is 10.8. The van der Waals surface area contributed by atoms with E-state index in [0.29, 0.717) is 25.7 Å². The molecule has 4 rings (SSSR count). The van der Waals surface area contributed by atoms with E-state index >= 15 is 0 Å². The third-order valence-electron chi connectivity index (χ3n) is 6.64.